The van der Waals surface area contributed by atoms with Crippen LogP contribution in [-0.2, 0) is 0 Å². The minimum absolute atomic E-state index is 0.257. The summed E-state index contributed by atoms with van der Waals surface area (Å²) in [5.74, 6) is -66.1. The summed E-state index contributed by atoms with van der Waals surface area (Å²) >= 11 is 0. The van der Waals surface area contributed by atoms with E-state index in [4.69, 9.17) is 0 Å². The number of alkyl halides is 19. The molecule has 30 heavy (non-hydrogen) atoms. The van der Waals surface area contributed by atoms with E-state index in [0.29, 0.717) is 0 Å². The third kappa shape index (κ3) is 3.24. The molecule has 0 nitrogen and oxygen atoms in total. The van der Waals surface area contributed by atoms with Gasteiger partial charge in [-0.15, -0.1) is 0 Å². The van der Waals surface area contributed by atoms with Crippen LogP contribution in [0.3, 0.4) is 0 Å². The summed E-state index contributed by atoms with van der Waals surface area (Å²) in [7, 11) is 0. The molecule has 0 amide bonds. The normalized spacial score (nSPS) is 16.8. The third-order valence-electron chi connectivity index (χ3n) is 3.50. The third-order valence-corrected chi connectivity index (χ3v) is 3.50. The Morgan fingerprint density at radius 3 is 0.733 bits per heavy atom. The Morgan fingerprint density at radius 1 is 0.333 bits per heavy atom. The highest BCUT2D eigenvalue weighted by Gasteiger charge is 2.96. The molecule has 0 aliphatic heterocycles. The molecule has 0 saturated heterocycles. The first-order valence-electron chi connectivity index (χ1n) is 6.46. The average molecular weight is 497 g/mol. The summed E-state index contributed by atoms with van der Waals surface area (Å²) in [4.78, 5) is 0. The highest BCUT2D eigenvalue weighted by Crippen LogP contribution is 2.65. The van der Waals surface area contributed by atoms with Crippen molar-refractivity contribution in [1.82, 2.24) is 0 Å². The van der Waals surface area contributed by atoms with Gasteiger partial charge in [-0.05, 0) is 0 Å². The van der Waals surface area contributed by atoms with E-state index in [9.17, 15) is 83.4 Å². The SMILES string of the molecule is C[CH]C(F)(F)C(F)(F)C(F)(F)C(F)(F)C(F)(F)C(F)(F)C(F)(F)C(F)(F)C(F)(F)F. The minimum Gasteiger partial charge on any atom is -0.199 e. The maximum Gasteiger partial charge on any atom is 0.460 e. The van der Waals surface area contributed by atoms with E-state index in [2.05, 4.69) is 0 Å². The lowest BCUT2D eigenvalue weighted by Gasteiger charge is -2.43. The Hall–Kier alpha value is -1.33. The van der Waals surface area contributed by atoms with Crippen LogP contribution in [0.15, 0.2) is 0 Å². The standard InChI is InChI=1S/C11H4F19/c1-2-3(12,13)4(14,15)5(16,17)6(18,19)7(20,21)8(22,23)9(24,25)10(26,27)11(28,29)30/h2H,1H3. The maximum absolute atomic E-state index is 13.2. The summed E-state index contributed by atoms with van der Waals surface area (Å²) in [5, 5.41) is 0. The van der Waals surface area contributed by atoms with Crippen molar-refractivity contribution >= 4 is 0 Å². The molecule has 0 unspecified atom stereocenters. The van der Waals surface area contributed by atoms with Gasteiger partial charge < -0.3 is 0 Å². The smallest absolute Gasteiger partial charge is 0.199 e. The van der Waals surface area contributed by atoms with Crippen LogP contribution in [-0.4, -0.2) is 53.6 Å². The minimum atomic E-state index is -8.87. The van der Waals surface area contributed by atoms with Crippen molar-refractivity contribution in [3.63, 3.8) is 0 Å². The molecule has 0 bridgehead atoms. The summed E-state index contributed by atoms with van der Waals surface area (Å²) in [6, 6.07) is 0. The molecule has 0 spiro atoms. The predicted molar refractivity (Wildman–Crippen MR) is 55.6 cm³/mol. The van der Waals surface area contributed by atoms with Gasteiger partial charge in [-0.2, -0.15) is 83.4 Å². The number of hydrogen-bond donors (Lipinski definition) is 0. The summed E-state index contributed by atoms with van der Waals surface area (Å²) in [6.45, 7) is -0.257. The topological polar surface area (TPSA) is 0 Å². The van der Waals surface area contributed by atoms with Crippen molar-refractivity contribution in [2.45, 2.75) is 60.5 Å². The van der Waals surface area contributed by atoms with Crippen LogP contribution in [0.25, 0.3) is 0 Å². The Kier molecular flexibility index (Phi) is 6.53. The molecule has 0 aliphatic carbocycles. The van der Waals surface area contributed by atoms with E-state index in [1.54, 1.807) is 0 Å². The zero-order chi connectivity index (χ0) is 25.2. The fraction of sp³-hybridized carbons (Fsp3) is 0.909. The van der Waals surface area contributed by atoms with Crippen molar-refractivity contribution in [2.75, 3.05) is 0 Å². The molecule has 0 N–H and O–H groups in total. The first kappa shape index (κ1) is 28.7. The van der Waals surface area contributed by atoms with Crippen molar-refractivity contribution < 1.29 is 83.4 Å². The van der Waals surface area contributed by atoms with Gasteiger partial charge in [-0.25, -0.2) is 0 Å². The van der Waals surface area contributed by atoms with Gasteiger partial charge in [0.25, 0.3) is 0 Å². The molecule has 181 valence electrons. The van der Waals surface area contributed by atoms with Gasteiger partial charge in [0.15, 0.2) is 0 Å². The van der Waals surface area contributed by atoms with Crippen molar-refractivity contribution in [3.8, 4) is 0 Å². The van der Waals surface area contributed by atoms with Crippen molar-refractivity contribution in [1.29, 1.82) is 0 Å². The monoisotopic (exact) mass is 497 g/mol. The number of rotatable bonds is 8. The molecule has 0 aromatic rings. The molecule has 0 aromatic heterocycles. The second kappa shape index (κ2) is 6.83. The van der Waals surface area contributed by atoms with E-state index in [1.807, 2.05) is 0 Å². The molecule has 0 heterocycles. The molecule has 1 radical (unpaired) electrons. The lowest BCUT2D eigenvalue weighted by molar-refractivity contribution is -0.467. The van der Waals surface area contributed by atoms with Gasteiger partial charge in [0, 0.05) is 6.42 Å². The Balaban J connectivity index is 6.85. The molecular weight excluding hydrogens is 493 g/mol. The van der Waals surface area contributed by atoms with Crippen LogP contribution in [0.5, 0.6) is 0 Å². The molecule has 0 fully saturated rings. The second-order valence-electron chi connectivity index (χ2n) is 5.43. The van der Waals surface area contributed by atoms with Crippen LogP contribution in [0.2, 0.25) is 0 Å². The lowest BCUT2D eigenvalue weighted by atomic mass is 9.87. The Morgan fingerprint density at radius 2 is 0.533 bits per heavy atom. The maximum atomic E-state index is 13.2. The van der Waals surface area contributed by atoms with E-state index in [-0.39, 0.29) is 6.92 Å². The molecular formula is C11H4F19. The van der Waals surface area contributed by atoms with E-state index in [0.717, 1.165) is 0 Å². The van der Waals surface area contributed by atoms with Crippen LogP contribution < -0.4 is 0 Å². The van der Waals surface area contributed by atoms with Crippen molar-refractivity contribution in [3.05, 3.63) is 6.42 Å². The first-order valence-corrected chi connectivity index (χ1v) is 6.46. The highest BCUT2D eigenvalue weighted by atomic mass is 19.4. The fourth-order valence-electron chi connectivity index (χ4n) is 1.55. The lowest BCUT2D eigenvalue weighted by Crippen LogP contribution is -2.75. The second-order valence-corrected chi connectivity index (χ2v) is 5.43. The van der Waals surface area contributed by atoms with Crippen LogP contribution in [0, 0.1) is 6.42 Å². The van der Waals surface area contributed by atoms with Crippen LogP contribution >= 0.6 is 0 Å². The van der Waals surface area contributed by atoms with Crippen LogP contribution in [0.1, 0.15) is 6.92 Å². The largest absolute Gasteiger partial charge is 0.460 e. The highest BCUT2D eigenvalue weighted by molar-refractivity contribution is 5.17. The van der Waals surface area contributed by atoms with Gasteiger partial charge in [0.05, 0.1) is 0 Å². The first-order chi connectivity index (χ1) is 12.6. The summed E-state index contributed by atoms with van der Waals surface area (Å²) in [6.07, 6.45) is -9.21. The number of hydrogen-bond acceptors (Lipinski definition) is 0. The predicted octanol–water partition coefficient (Wildman–Crippen LogP) is 6.86. The van der Waals surface area contributed by atoms with E-state index in [1.165, 1.54) is 0 Å². The van der Waals surface area contributed by atoms with Gasteiger partial charge in [0.2, 0.25) is 0 Å². The van der Waals surface area contributed by atoms with Crippen LogP contribution in [0.4, 0.5) is 83.4 Å². The molecule has 0 aromatic carbocycles. The van der Waals surface area contributed by atoms with Gasteiger partial charge in [0.1, 0.15) is 0 Å². The summed E-state index contributed by atoms with van der Waals surface area (Å²) in [5.41, 5.74) is 0. The quantitative estimate of drug-likeness (QED) is 0.322. The zero-order valence-corrected chi connectivity index (χ0v) is 13.3. The Labute approximate surface area is 152 Å². The van der Waals surface area contributed by atoms with E-state index >= 15 is 0 Å². The fourth-order valence-corrected chi connectivity index (χ4v) is 1.55. The van der Waals surface area contributed by atoms with Gasteiger partial charge in [-0.1, -0.05) is 6.92 Å². The van der Waals surface area contributed by atoms with Gasteiger partial charge in [-0.3, -0.25) is 0 Å². The van der Waals surface area contributed by atoms with E-state index < -0.39 is 60.0 Å². The molecule has 0 atom stereocenters. The molecule has 0 rings (SSSR count). The zero-order valence-electron chi connectivity index (χ0n) is 13.3. The molecule has 19 heteroatoms. The average Bonchev–Trinajstić information content (AvgIpc) is 2.52. The molecule has 0 aliphatic rings. The molecule has 0 saturated carbocycles. The van der Waals surface area contributed by atoms with Crippen molar-refractivity contribution in [2.24, 2.45) is 0 Å². The summed E-state index contributed by atoms with van der Waals surface area (Å²) < 4.78 is 243. The Bertz CT molecular complexity index is 623. The number of halogens is 19. The van der Waals surface area contributed by atoms with Gasteiger partial charge >= 0.3 is 53.6 Å².